The van der Waals surface area contributed by atoms with Gasteiger partial charge in [-0.25, -0.2) is 9.95 Å². The number of carboxylic acid groups (broad SMARTS) is 1. The van der Waals surface area contributed by atoms with Gasteiger partial charge in [0.2, 0.25) is 0 Å². The summed E-state index contributed by atoms with van der Waals surface area (Å²) < 4.78 is 10.2. The van der Waals surface area contributed by atoms with Gasteiger partial charge in [-0.05, 0) is 39.7 Å². The third-order valence-electron chi connectivity index (χ3n) is 2.42. The van der Waals surface area contributed by atoms with Crippen LogP contribution in [0.1, 0.15) is 5.56 Å². The van der Waals surface area contributed by atoms with Gasteiger partial charge in [-0.1, -0.05) is 12.6 Å². The quantitative estimate of drug-likeness (QED) is 0.779. The van der Waals surface area contributed by atoms with Crippen LogP contribution in [0.2, 0.25) is 0 Å². The van der Waals surface area contributed by atoms with Crippen LogP contribution in [0.25, 0.3) is 12.7 Å². The first-order valence-electron chi connectivity index (χ1n) is 5.47. The molecule has 0 spiro atoms. The van der Waals surface area contributed by atoms with E-state index in [1.54, 1.807) is 24.3 Å². The van der Waals surface area contributed by atoms with E-state index in [0.29, 0.717) is 26.4 Å². The molecule has 0 amide bonds. The summed E-state index contributed by atoms with van der Waals surface area (Å²) in [6.45, 7) is 3.10. The molecule has 7 heteroatoms. The molecule has 0 saturated heterocycles. The van der Waals surface area contributed by atoms with Crippen molar-refractivity contribution in [2.75, 3.05) is 6.61 Å². The van der Waals surface area contributed by atoms with Crippen molar-refractivity contribution in [3.05, 3.63) is 49.2 Å². The number of aromatic amines is 1. The van der Waals surface area contributed by atoms with Gasteiger partial charge in [-0.2, -0.15) is 0 Å². The number of halogens is 1. The number of aliphatic carboxylic acids is 1. The summed E-state index contributed by atoms with van der Waals surface area (Å²) in [5.74, 6) is -0.943. The summed E-state index contributed by atoms with van der Waals surface area (Å²) in [6, 6.07) is 4.92. The second kappa shape index (κ2) is 5.79. The largest absolute Gasteiger partial charge is 0.546 e. The Hall–Kier alpha value is -2.28. The zero-order valence-corrected chi connectivity index (χ0v) is 11.7. The molecule has 1 aromatic heterocycles. The van der Waals surface area contributed by atoms with Crippen molar-refractivity contribution >= 4 is 34.6 Å². The highest BCUT2D eigenvalue weighted by Gasteiger charge is 2.03. The third-order valence-corrected chi connectivity index (χ3v) is 3.04. The van der Waals surface area contributed by atoms with E-state index in [1.807, 2.05) is 0 Å². The molecule has 0 unspecified atom stereocenters. The van der Waals surface area contributed by atoms with E-state index >= 15 is 0 Å². The summed E-state index contributed by atoms with van der Waals surface area (Å²) >= 11 is 3.26. The Labute approximate surface area is 121 Å². The molecule has 0 aliphatic heterocycles. The Morgan fingerprint density at radius 1 is 1.55 bits per heavy atom. The number of hydrogen-bond acceptors (Lipinski definition) is 5. The fraction of sp³-hybridized carbons (Fsp3) is 0.0769. The van der Waals surface area contributed by atoms with Crippen LogP contribution in [0, 0.1) is 0 Å². The van der Waals surface area contributed by atoms with Crippen molar-refractivity contribution in [2.24, 2.45) is 0 Å². The lowest BCUT2D eigenvalue weighted by molar-refractivity contribution is -0.307. The van der Waals surface area contributed by atoms with E-state index in [2.05, 4.69) is 32.2 Å². The first-order valence-corrected chi connectivity index (χ1v) is 6.27. The number of carboxylic acids is 1. The van der Waals surface area contributed by atoms with Crippen LogP contribution in [-0.4, -0.2) is 17.7 Å². The number of benzene rings is 1. The normalized spacial score (nSPS) is 11.6. The molecule has 0 fully saturated rings. The number of nitrogens with one attached hydrogen (secondary N) is 1. The molecule has 2 aromatic rings. The van der Waals surface area contributed by atoms with Crippen LogP contribution < -0.4 is 26.0 Å². The summed E-state index contributed by atoms with van der Waals surface area (Å²) in [5.41, 5.74) is 0.192. The SMILES string of the molecule is C=c1[nH]oc(=O)c1=Cc1ccc(OCC(=O)[O-])c(Br)c1. The highest BCUT2D eigenvalue weighted by molar-refractivity contribution is 9.10. The predicted octanol–water partition coefficient (Wildman–Crippen LogP) is -0.902. The molecule has 0 saturated carbocycles. The first kappa shape index (κ1) is 14.1. The van der Waals surface area contributed by atoms with E-state index in [0.717, 1.165) is 0 Å². The molecule has 0 aliphatic carbocycles. The summed E-state index contributed by atoms with van der Waals surface area (Å²) in [6.07, 6.45) is 1.60. The van der Waals surface area contributed by atoms with E-state index in [4.69, 9.17) is 4.74 Å². The molecular formula is C13H9BrNO5-. The molecule has 6 nitrogen and oxygen atoms in total. The lowest BCUT2D eigenvalue weighted by atomic mass is 10.2. The Morgan fingerprint density at radius 3 is 2.85 bits per heavy atom. The molecule has 0 aliphatic rings. The van der Waals surface area contributed by atoms with Gasteiger partial charge in [-0.3, -0.25) is 0 Å². The fourth-order valence-corrected chi connectivity index (χ4v) is 2.03. The highest BCUT2D eigenvalue weighted by Crippen LogP contribution is 2.26. The molecule has 0 radical (unpaired) electrons. The fourth-order valence-electron chi connectivity index (χ4n) is 1.51. The van der Waals surface area contributed by atoms with E-state index < -0.39 is 18.2 Å². The average molecular weight is 339 g/mol. The van der Waals surface area contributed by atoms with Crippen LogP contribution in [0.15, 0.2) is 32.0 Å². The minimum atomic E-state index is -1.31. The van der Waals surface area contributed by atoms with Gasteiger partial charge in [0.15, 0.2) is 0 Å². The molecule has 104 valence electrons. The van der Waals surface area contributed by atoms with E-state index in [1.165, 1.54) is 0 Å². The molecule has 1 aromatic carbocycles. The van der Waals surface area contributed by atoms with Gasteiger partial charge in [0.05, 0.1) is 21.0 Å². The van der Waals surface area contributed by atoms with Crippen molar-refractivity contribution in [3.63, 3.8) is 0 Å². The van der Waals surface area contributed by atoms with Crippen molar-refractivity contribution in [1.82, 2.24) is 5.16 Å². The van der Waals surface area contributed by atoms with Crippen LogP contribution in [0.3, 0.4) is 0 Å². The predicted molar refractivity (Wildman–Crippen MR) is 72.3 cm³/mol. The summed E-state index contributed by atoms with van der Waals surface area (Å²) in [5, 5.41) is 13.4. The van der Waals surface area contributed by atoms with Crippen LogP contribution in [0.4, 0.5) is 0 Å². The average Bonchev–Trinajstić information content (AvgIpc) is 2.69. The number of rotatable bonds is 4. The minimum Gasteiger partial charge on any atom is -0.546 e. The monoisotopic (exact) mass is 338 g/mol. The number of carbonyl (C=O) groups excluding carboxylic acids is 1. The van der Waals surface area contributed by atoms with E-state index in [-0.39, 0.29) is 0 Å². The van der Waals surface area contributed by atoms with Crippen molar-refractivity contribution in [3.8, 4) is 5.75 Å². The van der Waals surface area contributed by atoms with Gasteiger partial charge in [0.1, 0.15) is 12.4 Å². The van der Waals surface area contributed by atoms with Gasteiger partial charge >= 0.3 is 5.63 Å². The summed E-state index contributed by atoms with van der Waals surface area (Å²) in [4.78, 5) is 21.7. The van der Waals surface area contributed by atoms with Crippen LogP contribution >= 0.6 is 15.9 Å². The second-order valence-corrected chi connectivity index (χ2v) is 4.73. The standard InChI is InChI=1S/C13H10BrNO5/c1-7-9(13(18)20-15-7)4-8-2-3-11(10(14)5-8)19-6-12(16)17/h2-5,15H,1,6H2,(H,16,17)/p-1. The number of carbonyl (C=O) groups is 1. The lowest BCUT2D eigenvalue weighted by Crippen LogP contribution is -2.31. The molecule has 0 atom stereocenters. The Morgan fingerprint density at radius 2 is 2.30 bits per heavy atom. The van der Waals surface area contributed by atoms with Gasteiger partial charge in [0.25, 0.3) is 0 Å². The molecular weight excluding hydrogens is 330 g/mol. The number of H-pyrrole nitrogens is 1. The topological polar surface area (TPSA) is 95.4 Å². The number of hydrogen-bond donors (Lipinski definition) is 1. The smallest absolute Gasteiger partial charge is 0.365 e. The second-order valence-electron chi connectivity index (χ2n) is 3.88. The Kier molecular flexibility index (Phi) is 4.09. The maximum Gasteiger partial charge on any atom is 0.365 e. The minimum absolute atomic E-state index is 0.320. The zero-order chi connectivity index (χ0) is 14.7. The van der Waals surface area contributed by atoms with Crippen molar-refractivity contribution < 1.29 is 19.2 Å². The Bertz CT molecular complexity index is 774. The third kappa shape index (κ3) is 3.18. The van der Waals surface area contributed by atoms with E-state index in [9.17, 15) is 14.7 Å². The van der Waals surface area contributed by atoms with Gasteiger partial charge < -0.3 is 19.2 Å². The van der Waals surface area contributed by atoms with Crippen molar-refractivity contribution in [1.29, 1.82) is 0 Å². The summed E-state index contributed by atoms with van der Waals surface area (Å²) in [7, 11) is 0. The Balaban J connectivity index is 2.35. The molecule has 1 N–H and O–H groups in total. The molecule has 1 heterocycles. The van der Waals surface area contributed by atoms with Crippen molar-refractivity contribution in [2.45, 2.75) is 0 Å². The van der Waals surface area contributed by atoms with Gasteiger partial charge in [-0.15, -0.1) is 0 Å². The maximum atomic E-state index is 11.4. The van der Waals surface area contributed by atoms with Crippen LogP contribution in [-0.2, 0) is 4.79 Å². The molecule has 0 bridgehead atoms. The molecule has 20 heavy (non-hydrogen) atoms. The number of aromatic nitrogens is 1. The first-order chi connectivity index (χ1) is 9.47. The molecule has 2 rings (SSSR count). The lowest BCUT2D eigenvalue weighted by Gasteiger charge is -2.08. The highest BCUT2D eigenvalue weighted by atomic mass is 79.9. The maximum absolute atomic E-state index is 11.4. The number of ether oxygens (including phenoxy) is 1. The van der Waals surface area contributed by atoms with Gasteiger partial charge in [0, 0.05) is 0 Å². The van der Waals surface area contributed by atoms with Crippen LogP contribution in [0.5, 0.6) is 5.75 Å². The zero-order valence-electron chi connectivity index (χ0n) is 10.1.